The fourth-order valence-electron chi connectivity index (χ4n) is 1.24. The summed E-state index contributed by atoms with van der Waals surface area (Å²) in [5.74, 6) is 0.846. The van der Waals surface area contributed by atoms with Gasteiger partial charge in [0.25, 0.3) is 0 Å². The predicted molar refractivity (Wildman–Crippen MR) is 61.9 cm³/mol. The highest BCUT2D eigenvalue weighted by atomic mass is 14.0. The van der Waals surface area contributed by atoms with Crippen molar-refractivity contribution in [1.82, 2.24) is 0 Å². The molecular weight excluding hydrogens is 156 g/mol. The van der Waals surface area contributed by atoms with Gasteiger partial charge in [-0.05, 0) is 32.1 Å². The summed E-state index contributed by atoms with van der Waals surface area (Å²) < 4.78 is 0. The van der Waals surface area contributed by atoms with Gasteiger partial charge < -0.3 is 0 Å². The van der Waals surface area contributed by atoms with Gasteiger partial charge in [0.2, 0.25) is 0 Å². The zero-order valence-electron chi connectivity index (χ0n) is 9.64. The number of rotatable bonds is 6. The molecule has 0 saturated carbocycles. The van der Waals surface area contributed by atoms with Gasteiger partial charge in [0.15, 0.2) is 0 Å². The van der Waals surface area contributed by atoms with E-state index >= 15 is 0 Å². The topological polar surface area (TPSA) is 0 Å². The van der Waals surface area contributed by atoms with Crippen LogP contribution in [0.15, 0.2) is 23.8 Å². The van der Waals surface area contributed by atoms with Crippen molar-refractivity contribution < 1.29 is 0 Å². The summed E-state index contributed by atoms with van der Waals surface area (Å²) >= 11 is 0. The smallest absolute Gasteiger partial charge is 0.0320 e. The molecule has 0 aliphatic carbocycles. The molecule has 0 N–H and O–H groups in total. The second kappa shape index (κ2) is 8.10. The van der Waals surface area contributed by atoms with Crippen molar-refractivity contribution in [3.05, 3.63) is 23.8 Å². The summed E-state index contributed by atoms with van der Waals surface area (Å²) in [6, 6.07) is 0. The van der Waals surface area contributed by atoms with E-state index in [0.29, 0.717) is 0 Å². The van der Waals surface area contributed by atoms with Crippen LogP contribution < -0.4 is 0 Å². The normalized spacial score (nSPS) is 13.2. The Morgan fingerprint density at radius 2 is 2.00 bits per heavy atom. The van der Waals surface area contributed by atoms with Crippen LogP contribution in [0, 0.1) is 5.92 Å². The monoisotopic (exact) mass is 180 g/mol. The second-order valence-electron chi connectivity index (χ2n) is 4.14. The molecule has 0 fully saturated rings. The van der Waals surface area contributed by atoms with Gasteiger partial charge in [-0.2, -0.15) is 0 Å². The summed E-state index contributed by atoms with van der Waals surface area (Å²) in [5, 5.41) is 0. The van der Waals surface area contributed by atoms with Gasteiger partial charge in [-0.15, -0.1) is 0 Å². The van der Waals surface area contributed by atoms with E-state index in [1.54, 1.807) is 0 Å². The van der Waals surface area contributed by atoms with Crippen molar-refractivity contribution in [2.24, 2.45) is 5.92 Å². The van der Waals surface area contributed by atoms with Crippen LogP contribution in [0.5, 0.6) is 0 Å². The van der Waals surface area contributed by atoms with Crippen LogP contribution in [0.2, 0.25) is 0 Å². The third kappa shape index (κ3) is 9.39. The molecule has 76 valence electrons. The Morgan fingerprint density at radius 1 is 1.31 bits per heavy atom. The summed E-state index contributed by atoms with van der Waals surface area (Å²) in [5.41, 5.74) is 1.50. The molecule has 0 aromatic carbocycles. The zero-order valence-corrected chi connectivity index (χ0v) is 9.64. The van der Waals surface area contributed by atoms with Crippen molar-refractivity contribution in [2.45, 2.75) is 53.4 Å². The third-order valence-electron chi connectivity index (χ3n) is 2.11. The molecule has 0 heteroatoms. The van der Waals surface area contributed by atoms with E-state index < -0.39 is 0 Å². The maximum absolute atomic E-state index is 2.29. The van der Waals surface area contributed by atoms with Gasteiger partial charge in [-0.3, -0.25) is 0 Å². The zero-order chi connectivity index (χ0) is 10.1. The SMILES string of the molecule is CC/C=C\C=C(/C)CCCC(C)C. The molecule has 0 unspecified atom stereocenters. The lowest BCUT2D eigenvalue weighted by molar-refractivity contribution is 0.555. The van der Waals surface area contributed by atoms with Crippen LogP contribution in [-0.2, 0) is 0 Å². The molecule has 0 aliphatic heterocycles. The lowest BCUT2D eigenvalue weighted by atomic mass is 10.0. The molecule has 0 radical (unpaired) electrons. The molecular formula is C13H24. The predicted octanol–water partition coefficient (Wildman–Crippen LogP) is 4.73. The molecule has 0 nitrogen and oxygen atoms in total. The lowest BCUT2D eigenvalue weighted by Gasteiger charge is -2.03. The van der Waals surface area contributed by atoms with Crippen molar-refractivity contribution >= 4 is 0 Å². The van der Waals surface area contributed by atoms with Gasteiger partial charge in [-0.25, -0.2) is 0 Å². The van der Waals surface area contributed by atoms with Crippen LogP contribution in [0.4, 0.5) is 0 Å². The van der Waals surface area contributed by atoms with Crippen LogP contribution in [0.3, 0.4) is 0 Å². The van der Waals surface area contributed by atoms with Crippen LogP contribution in [-0.4, -0.2) is 0 Å². The first-order valence-corrected chi connectivity index (χ1v) is 5.49. The standard InChI is InChI=1S/C13H24/c1-5-6-7-10-13(4)11-8-9-12(2)3/h6-7,10,12H,5,8-9,11H2,1-4H3/b7-6-,13-10+. The molecule has 0 rings (SSSR count). The third-order valence-corrected chi connectivity index (χ3v) is 2.11. The summed E-state index contributed by atoms with van der Waals surface area (Å²) in [7, 11) is 0. The van der Waals surface area contributed by atoms with E-state index in [0.717, 1.165) is 12.3 Å². The van der Waals surface area contributed by atoms with E-state index in [2.05, 4.69) is 45.9 Å². The molecule has 0 atom stereocenters. The molecule has 0 aromatic heterocycles. The molecule has 0 spiro atoms. The minimum atomic E-state index is 0.846. The number of allylic oxidation sites excluding steroid dienone is 4. The van der Waals surface area contributed by atoms with Crippen molar-refractivity contribution in [2.75, 3.05) is 0 Å². The van der Waals surface area contributed by atoms with E-state index in [4.69, 9.17) is 0 Å². The Balaban J connectivity index is 3.55. The summed E-state index contributed by atoms with van der Waals surface area (Å²) in [6.45, 7) is 8.96. The van der Waals surface area contributed by atoms with E-state index in [1.165, 1.54) is 24.8 Å². The second-order valence-corrected chi connectivity index (χ2v) is 4.14. The Kier molecular flexibility index (Phi) is 7.77. The van der Waals surface area contributed by atoms with Crippen molar-refractivity contribution in [3.8, 4) is 0 Å². The van der Waals surface area contributed by atoms with Crippen LogP contribution >= 0.6 is 0 Å². The molecule has 0 heterocycles. The van der Waals surface area contributed by atoms with E-state index in [-0.39, 0.29) is 0 Å². The number of hydrogen-bond acceptors (Lipinski definition) is 0. The molecule has 0 aliphatic rings. The van der Waals surface area contributed by atoms with Gasteiger partial charge in [0.05, 0.1) is 0 Å². The largest absolute Gasteiger partial charge is 0.0848 e. The quantitative estimate of drug-likeness (QED) is 0.519. The molecule has 0 bridgehead atoms. The van der Waals surface area contributed by atoms with Crippen LogP contribution in [0.25, 0.3) is 0 Å². The van der Waals surface area contributed by atoms with Gasteiger partial charge in [-0.1, -0.05) is 51.0 Å². The first-order chi connectivity index (χ1) is 6.16. The maximum atomic E-state index is 2.29. The Bertz CT molecular complexity index is 161. The first kappa shape index (κ1) is 12.5. The molecule has 0 aromatic rings. The number of hydrogen-bond donors (Lipinski definition) is 0. The highest BCUT2D eigenvalue weighted by Crippen LogP contribution is 2.11. The van der Waals surface area contributed by atoms with Crippen molar-refractivity contribution in [3.63, 3.8) is 0 Å². The average Bonchev–Trinajstić information content (AvgIpc) is 2.04. The first-order valence-electron chi connectivity index (χ1n) is 5.49. The van der Waals surface area contributed by atoms with Gasteiger partial charge >= 0.3 is 0 Å². The molecule has 0 saturated heterocycles. The molecule has 0 amide bonds. The minimum Gasteiger partial charge on any atom is -0.0848 e. The Labute approximate surface area is 83.7 Å². The highest BCUT2D eigenvalue weighted by molar-refractivity contribution is 5.10. The lowest BCUT2D eigenvalue weighted by Crippen LogP contribution is -1.87. The fraction of sp³-hybridized carbons (Fsp3) is 0.692. The summed E-state index contributed by atoms with van der Waals surface area (Å²) in [4.78, 5) is 0. The van der Waals surface area contributed by atoms with Gasteiger partial charge in [0.1, 0.15) is 0 Å². The highest BCUT2D eigenvalue weighted by Gasteiger charge is 1.94. The Hall–Kier alpha value is -0.520. The molecule has 13 heavy (non-hydrogen) atoms. The minimum absolute atomic E-state index is 0.846. The van der Waals surface area contributed by atoms with E-state index in [1.807, 2.05) is 0 Å². The van der Waals surface area contributed by atoms with E-state index in [9.17, 15) is 0 Å². The van der Waals surface area contributed by atoms with Crippen LogP contribution in [0.1, 0.15) is 53.4 Å². The Morgan fingerprint density at radius 3 is 2.54 bits per heavy atom. The van der Waals surface area contributed by atoms with Gasteiger partial charge in [0, 0.05) is 0 Å². The summed E-state index contributed by atoms with van der Waals surface area (Å²) in [6.07, 6.45) is 11.7. The maximum Gasteiger partial charge on any atom is -0.0320 e. The average molecular weight is 180 g/mol. The van der Waals surface area contributed by atoms with Crippen molar-refractivity contribution in [1.29, 1.82) is 0 Å². The fourth-order valence-corrected chi connectivity index (χ4v) is 1.24.